The first kappa shape index (κ1) is 12.2. The molecule has 2 heterocycles. The van der Waals surface area contributed by atoms with Crippen molar-refractivity contribution in [2.24, 2.45) is 0 Å². The van der Waals surface area contributed by atoms with Gasteiger partial charge in [0.05, 0.1) is 24.1 Å². The Balaban J connectivity index is 1.74. The molecule has 1 aromatic carbocycles. The lowest BCUT2D eigenvalue weighted by Crippen LogP contribution is -2.03. The molecule has 0 saturated heterocycles. The lowest BCUT2D eigenvalue weighted by molar-refractivity contribution is 0.785. The van der Waals surface area contributed by atoms with Crippen LogP contribution < -0.4 is 5.32 Å². The van der Waals surface area contributed by atoms with Crippen LogP contribution in [0.15, 0.2) is 43.1 Å². The molecule has 0 bridgehead atoms. The molecule has 0 fully saturated rings. The van der Waals surface area contributed by atoms with Gasteiger partial charge in [-0.3, -0.25) is 9.97 Å². The molecule has 0 atom stereocenters. The highest BCUT2D eigenvalue weighted by atomic mass is 15.5. The molecule has 0 radical (unpaired) electrons. The van der Waals surface area contributed by atoms with Crippen LogP contribution in [0.3, 0.4) is 0 Å². The highest BCUT2D eigenvalue weighted by Gasteiger charge is 2.03. The van der Waals surface area contributed by atoms with Gasteiger partial charge in [0.15, 0.2) is 0 Å². The molecule has 7 heteroatoms. The number of nitrogens with one attached hydrogen (secondary N) is 1. The number of benzene rings is 1. The standard InChI is InChI=1S/C13H13N7/c1-10-6-11(16-8-12-7-14-4-5-15-12)2-3-13(10)20-9-17-18-19-20/h2-7,9,16H,8H2,1H3. The molecule has 0 amide bonds. The van der Waals surface area contributed by atoms with E-state index in [4.69, 9.17) is 0 Å². The number of anilines is 1. The highest BCUT2D eigenvalue weighted by Crippen LogP contribution is 2.18. The van der Waals surface area contributed by atoms with Gasteiger partial charge in [-0.2, -0.15) is 0 Å². The van der Waals surface area contributed by atoms with Crippen molar-refractivity contribution < 1.29 is 0 Å². The second-order valence-electron chi connectivity index (χ2n) is 4.31. The number of rotatable bonds is 4. The molecule has 0 saturated carbocycles. The predicted molar refractivity (Wildman–Crippen MR) is 73.2 cm³/mol. The molecular weight excluding hydrogens is 254 g/mol. The first-order valence-electron chi connectivity index (χ1n) is 6.16. The van der Waals surface area contributed by atoms with E-state index in [-0.39, 0.29) is 0 Å². The van der Waals surface area contributed by atoms with Gasteiger partial charge in [0, 0.05) is 18.1 Å². The first-order valence-corrected chi connectivity index (χ1v) is 6.16. The summed E-state index contributed by atoms with van der Waals surface area (Å²) in [4.78, 5) is 8.25. The van der Waals surface area contributed by atoms with E-state index in [1.54, 1.807) is 29.6 Å². The summed E-state index contributed by atoms with van der Waals surface area (Å²) in [5.41, 5.74) is 3.96. The Morgan fingerprint density at radius 1 is 1.25 bits per heavy atom. The molecule has 20 heavy (non-hydrogen) atoms. The van der Waals surface area contributed by atoms with E-state index in [0.717, 1.165) is 22.6 Å². The summed E-state index contributed by atoms with van der Waals surface area (Å²) in [6, 6.07) is 6.01. The van der Waals surface area contributed by atoms with Crippen molar-refractivity contribution in [1.29, 1.82) is 0 Å². The maximum Gasteiger partial charge on any atom is 0.143 e. The Kier molecular flexibility index (Phi) is 3.32. The van der Waals surface area contributed by atoms with Crippen LogP contribution in [0.1, 0.15) is 11.3 Å². The molecule has 100 valence electrons. The van der Waals surface area contributed by atoms with Crippen molar-refractivity contribution in [2.75, 3.05) is 5.32 Å². The Morgan fingerprint density at radius 3 is 2.90 bits per heavy atom. The molecule has 0 aliphatic heterocycles. The van der Waals surface area contributed by atoms with Crippen LogP contribution >= 0.6 is 0 Å². The topological polar surface area (TPSA) is 81.4 Å². The van der Waals surface area contributed by atoms with Crippen molar-refractivity contribution in [3.8, 4) is 5.69 Å². The highest BCUT2D eigenvalue weighted by molar-refractivity contribution is 5.53. The third kappa shape index (κ3) is 2.61. The Hall–Kier alpha value is -2.83. The van der Waals surface area contributed by atoms with Gasteiger partial charge in [0.25, 0.3) is 0 Å². The second-order valence-corrected chi connectivity index (χ2v) is 4.31. The normalized spacial score (nSPS) is 10.4. The van der Waals surface area contributed by atoms with E-state index >= 15 is 0 Å². The van der Waals surface area contributed by atoms with Gasteiger partial charge in [-0.25, -0.2) is 4.68 Å². The van der Waals surface area contributed by atoms with Gasteiger partial charge < -0.3 is 5.32 Å². The lowest BCUT2D eigenvalue weighted by Gasteiger charge is -2.09. The van der Waals surface area contributed by atoms with Gasteiger partial charge in [0.2, 0.25) is 0 Å². The summed E-state index contributed by atoms with van der Waals surface area (Å²) < 4.78 is 1.64. The molecular formula is C13H13N7. The molecule has 0 spiro atoms. The molecule has 7 nitrogen and oxygen atoms in total. The van der Waals surface area contributed by atoms with Crippen LogP contribution in [0.4, 0.5) is 5.69 Å². The second kappa shape index (κ2) is 5.43. The minimum Gasteiger partial charge on any atom is -0.379 e. The molecule has 0 aliphatic rings. The van der Waals surface area contributed by atoms with E-state index in [2.05, 4.69) is 30.8 Å². The van der Waals surface area contributed by atoms with E-state index in [1.807, 2.05) is 25.1 Å². The van der Waals surface area contributed by atoms with Gasteiger partial charge in [-0.05, 0) is 41.1 Å². The van der Waals surface area contributed by atoms with Crippen LogP contribution in [0.25, 0.3) is 5.69 Å². The largest absolute Gasteiger partial charge is 0.379 e. The van der Waals surface area contributed by atoms with Gasteiger partial charge in [0.1, 0.15) is 6.33 Å². The predicted octanol–water partition coefficient (Wildman–Crippen LogP) is 1.37. The minimum atomic E-state index is 0.636. The molecule has 1 N–H and O–H groups in total. The SMILES string of the molecule is Cc1cc(NCc2cnccn2)ccc1-n1cnnn1. The maximum atomic E-state index is 4.22. The molecule has 0 aliphatic carbocycles. The number of aromatic nitrogens is 6. The van der Waals surface area contributed by atoms with Crippen LogP contribution in [-0.2, 0) is 6.54 Å². The fourth-order valence-corrected chi connectivity index (χ4v) is 1.91. The minimum absolute atomic E-state index is 0.636. The summed E-state index contributed by atoms with van der Waals surface area (Å²) in [5, 5.41) is 14.5. The average Bonchev–Trinajstić information content (AvgIpc) is 3.00. The number of hydrogen-bond acceptors (Lipinski definition) is 6. The lowest BCUT2D eigenvalue weighted by atomic mass is 10.2. The molecule has 0 unspecified atom stereocenters. The maximum absolute atomic E-state index is 4.22. The first-order chi connectivity index (χ1) is 9.83. The number of hydrogen-bond donors (Lipinski definition) is 1. The summed E-state index contributed by atoms with van der Waals surface area (Å²) in [6.07, 6.45) is 6.67. The van der Waals surface area contributed by atoms with Crippen LogP contribution in [0, 0.1) is 6.92 Å². The zero-order valence-corrected chi connectivity index (χ0v) is 10.9. The van der Waals surface area contributed by atoms with Crippen molar-refractivity contribution in [2.45, 2.75) is 13.5 Å². The third-order valence-electron chi connectivity index (χ3n) is 2.88. The molecule has 3 aromatic rings. The number of nitrogens with zero attached hydrogens (tertiary/aromatic N) is 6. The van der Waals surface area contributed by atoms with Crippen LogP contribution in [0.2, 0.25) is 0 Å². The number of aryl methyl sites for hydroxylation is 1. The van der Waals surface area contributed by atoms with Gasteiger partial charge >= 0.3 is 0 Å². The smallest absolute Gasteiger partial charge is 0.143 e. The Morgan fingerprint density at radius 2 is 2.20 bits per heavy atom. The summed E-state index contributed by atoms with van der Waals surface area (Å²) in [5.74, 6) is 0. The van der Waals surface area contributed by atoms with Crippen molar-refractivity contribution in [3.05, 3.63) is 54.4 Å². The third-order valence-corrected chi connectivity index (χ3v) is 2.88. The number of tetrazole rings is 1. The summed E-state index contributed by atoms with van der Waals surface area (Å²) in [7, 11) is 0. The Labute approximate surface area is 115 Å². The molecule has 2 aromatic heterocycles. The van der Waals surface area contributed by atoms with Gasteiger partial charge in [-0.1, -0.05) is 0 Å². The van der Waals surface area contributed by atoms with Crippen molar-refractivity contribution in [1.82, 2.24) is 30.2 Å². The Bertz CT molecular complexity index is 679. The van der Waals surface area contributed by atoms with E-state index < -0.39 is 0 Å². The average molecular weight is 267 g/mol. The van der Waals surface area contributed by atoms with E-state index in [1.165, 1.54) is 0 Å². The zero-order valence-electron chi connectivity index (χ0n) is 10.9. The van der Waals surface area contributed by atoms with Gasteiger partial charge in [-0.15, -0.1) is 5.10 Å². The van der Waals surface area contributed by atoms with E-state index in [0.29, 0.717) is 6.54 Å². The fourth-order valence-electron chi connectivity index (χ4n) is 1.91. The zero-order chi connectivity index (χ0) is 13.8. The monoisotopic (exact) mass is 267 g/mol. The summed E-state index contributed by atoms with van der Waals surface area (Å²) in [6.45, 7) is 2.65. The fraction of sp³-hybridized carbons (Fsp3) is 0.154. The van der Waals surface area contributed by atoms with Crippen molar-refractivity contribution >= 4 is 5.69 Å². The molecule has 3 rings (SSSR count). The summed E-state index contributed by atoms with van der Waals surface area (Å²) >= 11 is 0. The van der Waals surface area contributed by atoms with E-state index in [9.17, 15) is 0 Å². The van der Waals surface area contributed by atoms with Crippen LogP contribution in [-0.4, -0.2) is 30.2 Å². The van der Waals surface area contributed by atoms with Crippen molar-refractivity contribution in [3.63, 3.8) is 0 Å². The quantitative estimate of drug-likeness (QED) is 0.769. The van der Waals surface area contributed by atoms with Crippen LogP contribution in [0.5, 0.6) is 0 Å².